The summed E-state index contributed by atoms with van der Waals surface area (Å²) in [5.41, 5.74) is 3.77. The quantitative estimate of drug-likeness (QED) is 0.936. The van der Waals surface area contributed by atoms with E-state index in [0.29, 0.717) is 13.0 Å². The molecule has 4 nitrogen and oxygen atoms in total. The van der Waals surface area contributed by atoms with Crippen LogP contribution in [0.4, 0.5) is 0 Å². The smallest absolute Gasteiger partial charge is 0.225 e. The summed E-state index contributed by atoms with van der Waals surface area (Å²) in [6, 6.07) is 19.0. The monoisotopic (exact) mass is 336 g/mol. The van der Waals surface area contributed by atoms with Gasteiger partial charge in [0.2, 0.25) is 5.91 Å². The van der Waals surface area contributed by atoms with Crippen LogP contribution in [-0.4, -0.2) is 43.2 Å². The molecule has 2 aromatic carbocycles. The Morgan fingerprint density at radius 1 is 1.12 bits per heavy atom. The standard InChI is InChI=1S/C21H24N2O2/c24-20(14-18-15-25-13-11-22-18)23-12-10-16-6-4-5-9-19(16)21(23)17-7-2-1-3-8-17/h1-9,18,21-22H,10-15H2. The topological polar surface area (TPSA) is 41.6 Å². The van der Waals surface area contributed by atoms with Crippen LogP contribution < -0.4 is 5.32 Å². The molecule has 25 heavy (non-hydrogen) atoms. The van der Waals surface area contributed by atoms with Gasteiger partial charge in [0.15, 0.2) is 0 Å². The minimum Gasteiger partial charge on any atom is -0.378 e. The van der Waals surface area contributed by atoms with Gasteiger partial charge in [0.05, 0.1) is 19.3 Å². The van der Waals surface area contributed by atoms with Gasteiger partial charge in [-0.1, -0.05) is 54.6 Å². The summed E-state index contributed by atoms with van der Waals surface area (Å²) in [5, 5.41) is 3.39. The van der Waals surface area contributed by atoms with Gasteiger partial charge in [-0.2, -0.15) is 0 Å². The van der Waals surface area contributed by atoms with Crippen molar-refractivity contribution in [2.24, 2.45) is 0 Å². The van der Waals surface area contributed by atoms with E-state index < -0.39 is 0 Å². The molecule has 1 N–H and O–H groups in total. The molecule has 2 aromatic rings. The molecule has 2 aliphatic heterocycles. The van der Waals surface area contributed by atoms with Gasteiger partial charge >= 0.3 is 0 Å². The molecule has 0 saturated carbocycles. The number of morpholine rings is 1. The first-order valence-corrected chi connectivity index (χ1v) is 9.06. The number of amides is 1. The third-order valence-electron chi connectivity index (χ3n) is 5.14. The SMILES string of the molecule is O=C(CC1COCCN1)N1CCc2ccccc2C1c1ccccc1. The normalized spacial score (nSPS) is 23.1. The first-order valence-electron chi connectivity index (χ1n) is 9.06. The Hall–Kier alpha value is -2.17. The fourth-order valence-electron chi connectivity index (χ4n) is 3.91. The highest BCUT2D eigenvalue weighted by Gasteiger charge is 2.32. The van der Waals surface area contributed by atoms with Crippen molar-refractivity contribution in [2.45, 2.75) is 24.9 Å². The Bertz CT molecular complexity index is 726. The number of hydrogen-bond donors (Lipinski definition) is 1. The van der Waals surface area contributed by atoms with Gasteiger partial charge in [0, 0.05) is 25.6 Å². The van der Waals surface area contributed by atoms with E-state index in [0.717, 1.165) is 26.1 Å². The van der Waals surface area contributed by atoms with Gasteiger partial charge in [-0.25, -0.2) is 0 Å². The van der Waals surface area contributed by atoms with E-state index in [4.69, 9.17) is 4.74 Å². The molecule has 2 unspecified atom stereocenters. The summed E-state index contributed by atoms with van der Waals surface area (Å²) in [4.78, 5) is 15.1. The van der Waals surface area contributed by atoms with Crippen LogP contribution in [0, 0.1) is 0 Å². The zero-order chi connectivity index (χ0) is 17.1. The Kier molecular flexibility index (Phi) is 4.81. The molecule has 4 rings (SSSR count). The van der Waals surface area contributed by atoms with Gasteiger partial charge in [-0.3, -0.25) is 4.79 Å². The maximum Gasteiger partial charge on any atom is 0.225 e. The average Bonchev–Trinajstić information content (AvgIpc) is 2.68. The van der Waals surface area contributed by atoms with Crippen molar-refractivity contribution in [3.05, 3.63) is 71.3 Å². The second-order valence-corrected chi connectivity index (χ2v) is 6.78. The molecule has 0 spiro atoms. The molecule has 1 fully saturated rings. The molecule has 2 aliphatic rings. The van der Waals surface area contributed by atoms with E-state index in [-0.39, 0.29) is 18.0 Å². The van der Waals surface area contributed by atoms with Crippen molar-refractivity contribution < 1.29 is 9.53 Å². The number of fused-ring (bicyclic) bond motifs is 1. The highest BCUT2D eigenvalue weighted by molar-refractivity contribution is 5.78. The largest absolute Gasteiger partial charge is 0.378 e. The number of carbonyl (C=O) groups excluding carboxylic acids is 1. The average molecular weight is 336 g/mol. The molecular formula is C21H24N2O2. The maximum atomic E-state index is 13.1. The van der Waals surface area contributed by atoms with Crippen molar-refractivity contribution in [1.82, 2.24) is 10.2 Å². The van der Waals surface area contributed by atoms with Gasteiger partial charge in [-0.15, -0.1) is 0 Å². The van der Waals surface area contributed by atoms with Crippen molar-refractivity contribution in [3.63, 3.8) is 0 Å². The molecule has 130 valence electrons. The third kappa shape index (κ3) is 3.46. The number of rotatable bonds is 3. The van der Waals surface area contributed by atoms with Crippen molar-refractivity contribution in [2.75, 3.05) is 26.3 Å². The molecule has 0 aromatic heterocycles. The Morgan fingerprint density at radius 2 is 1.92 bits per heavy atom. The lowest BCUT2D eigenvalue weighted by atomic mass is 9.88. The molecular weight excluding hydrogens is 312 g/mol. The van der Waals surface area contributed by atoms with Crippen LogP contribution >= 0.6 is 0 Å². The lowest BCUT2D eigenvalue weighted by Crippen LogP contribution is -2.47. The molecule has 2 heterocycles. The Labute approximate surface area is 148 Å². The summed E-state index contributed by atoms with van der Waals surface area (Å²) in [5.74, 6) is 0.200. The fourth-order valence-corrected chi connectivity index (χ4v) is 3.91. The zero-order valence-corrected chi connectivity index (χ0v) is 14.4. The number of ether oxygens (including phenoxy) is 1. The molecule has 1 amide bonds. The first-order chi connectivity index (χ1) is 12.3. The summed E-state index contributed by atoms with van der Waals surface area (Å²) in [6.07, 6.45) is 1.41. The first kappa shape index (κ1) is 16.3. The summed E-state index contributed by atoms with van der Waals surface area (Å²) < 4.78 is 5.50. The van der Waals surface area contributed by atoms with E-state index in [2.05, 4.69) is 41.7 Å². The number of nitrogens with one attached hydrogen (secondary N) is 1. The van der Waals surface area contributed by atoms with Crippen LogP contribution in [0.1, 0.15) is 29.2 Å². The van der Waals surface area contributed by atoms with Crippen LogP contribution in [0.3, 0.4) is 0 Å². The van der Waals surface area contributed by atoms with Crippen LogP contribution in [0.25, 0.3) is 0 Å². The third-order valence-corrected chi connectivity index (χ3v) is 5.14. The van der Waals surface area contributed by atoms with E-state index in [1.54, 1.807) is 0 Å². The number of nitrogens with zero attached hydrogens (tertiary/aromatic N) is 1. The lowest BCUT2D eigenvalue weighted by Gasteiger charge is -2.39. The molecule has 1 saturated heterocycles. The highest BCUT2D eigenvalue weighted by atomic mass is 16.5. The van der Waals surface area contributed by atoms with E-state index >= 15 is 0 Å². The fraction of sp³-hybridized carbons (Fsp3) is 0.381. The van der Waals surface area contributed by atoms with Gasteiger partial charge < -0.3 is 15.0 Å². The number of carbonyl (C=O) groups is 1. The lowest BCUT2D eigenvalue weighted by molar-refractivity contribution is -0.134. The van der Waals surface area contributed by atoms with Gasteiger partial charge in [0.1, 0.15) is 0 Å². The van der Waals surface area contributed by atoms with Crippen LogP contribution in [-0.2, 0) is 16.0 Å². The van der Waals surface area contributed by atoms with E-state index in [1.807, 2.05) is 23.1 Å². The van der Waals surface area contributed by atoms with Crippen LogP contribution in [0.5, 0.6) is 0 Å². The second kappa shape index (κ2) is 7.38. The molecule has 2 atom stereocenters. The molecule has 0 aliphatic carbocycles. The number of hydrogen-bond acceptors (Lipinski definition) is 3. The Balaban J connectivity index is 1.63. The molecule has 0 bridgehead atoms. The van der Waals surface area contributed by atoms with Gasteiger partial charge in [0.25, 0.3) is 0 Å². The summed E-state index contributed by atoms with van der Waals surface area (Å²) in [6.45, 7) is 2.94. The predicted molar refractivity (Wildman–Crippen MR) is 97.4 cm³/mol. The van der Waals surface area contributed by atoms with Crippen molar-refractivity contribution >= 4 is 5.91 Å². The minimum atomic E-state index is 0.00292. The summed E-state index contributed by atoms with van der Waals surface area (Å²) >= 11 is 0. The van der Waals surface area contributed by atoms with E-state index in [9.17, 15) is 4.79 Å². The van der Waals surface area contributed by atoms with Crippen molar-refractivity contribution in [1.29, 1.82) is 0 Å². The highest BCUT2D eigenvalue weighted by Crippen LogP contribution is 2.35. The minimum absolute atomic E-state index is 0.00292. The predicted octanol–water partition coefficient (Wildman–Crippen LogP) is 2.54. The van der Waals surface area contributed by atoms with Gasteiger partial charge in [-0.05, 0) is 23.1 Å². The Morgan fingerprint density at radius 3 is 2.72 bits per heavy atom. The van der Waals surface area contributed by atoms with Crippen LogP contribution in [0.15, 0.2) is 54.6 Å². The molecule has 4 heteroatoms. The van der Waals surface area contributed by atoms with Crippen molar-refractivity contribution in [3.8, 4) is 0 Å². The van der Waals surface area contributed by atoms with Crippen LogP contribution in [0.2, 0.25) is 0 Å². The van der Waals surface area contributed by atoms with E-state index in [1.165, 1.54) is 16.7 Å². The second-order valence-electron chi connectivity index (χ2n) is 6.78. The molecule has 0 radical (unpaired) electrons. The number of benzene rings is 2. The summed E-state index contributed by atoms with van der Waals surface area (Å²) in [7, 11) is 0. The maximum absolute atomic E-state index is 13.1. The zero-order valence-electron chi connectivity index (χ0n) is 14.4.